The van der Waals surface area contributed by atoms with E-state index >= 15 is 0 Å². The van der Waals surface area contributed by atoms with Gasteiger partial charge in [0.25, 0.3) is 0 Å². The SMILES string of the molecule is C=C(c1ccc(C)cc1)N1CCC(N(CCC)C(C)CC)CC1. The molecule has 1 unspecified atom stereocenters. The van der Waals surface area contributed by atoms with Crippen molar-refractivity contribution in [3.63, 3.8) is 0 Å². The van der Waals surface area contributed by atoms with Crippen LogP contribution in [0.4, 0.5) is 0 Å². The van der Waals surface area contributed by atoms with E-state index in [-0.39, 0.29) is 0 Å². The number of nitrogens with zero attached hydrogens (tertiary/aromatic N) is 2. The summed E-state index contributed by atoms with van der Waals surface area (Å²) in [5.41, 5.74) is 3.76. The third-order valence-corrected chi connectivity index (χ3v) is 5.34. The van der Waals surface area contributed by atoms with Gasteiger partial charge in [-0.05, 0) is 51.6 Å². The van der Waals surface area contributed by atoms with Crippen LogP contribution in [0, 0.1) is 6.92 Å². The number of benzene rings is 1. The molecule has 0 radical (unpaired) electrons. The van der Waals surface area contributed by atoms with Gasteiger partial charge in [-0.25, -0.2) is 0 Å². The normalized spacial score (nSPS) is 17.5. The zero-order chi connectivity index (χ0) is 16.8. The molecule has 1 saturated heterocycles. The Bertz CT molecular complexity index is 483. The molecule has 2 nitrogen and oxygen atoms in total. The lowest BCUT2D eigenvalue weighted by atomic mass is 9.98. The van der Waals surface area contributed by atoms with Crippen molar-refractivity contribution in [3.8, 4) is 0 Å². The first kappa shape index (κ1) is 18.1. The molecule has 0 spiro atoms. The van der Waals surface area contributed by atoms with Crippen molar-refractivity contribution >= 4 is 5.70 Å². The molecule has 0 bridgehead atoms. The molecule has 2 heteroatoms. The summed E-state index contributed by atoms with van der Waals surface area (Å²) in [5, 5.41) is 0. The van der Waals surface area contributed by atoms with Crippen molar-refractivity contribution in [1.29, 1.82) is 0 Å². The first-order valence-electron chi connectivity index (χ1n) is 9.33. The third kappa shape index (κ3) is 4.60. The van der Waals surface area contributed by atoms with Gasteiger partial charge in [0, 0.05) is 30.9 Å². The molecule has 0 N–H and O–H groups in total. The van der Waals surface area contributed by atoms with Gasteiger partial charge in [-0.3, -0.25) is 4.90 Å². The topological polar surface area (TPSA) is 6.48 Å². The number of likely N-dealkylation sites (tertiary alicyclic amines) is 1. The van der Waals surface area contributed by atoms with Gasteiger partial charge in [0.15, 0.2) is 0 Å². The van der Waals surface area contributed by atoms with Gasteiger partial charge in [0.2, 0.25) is 0 Å². The molecule has 1 aliphatic heterocycles. The van der Waals surface area contributed by atoms with Crippen molar-refractivity contribution in [2.45, 2.75) is 65.5 Å². The molecule has 2 rings (SSSR count). The summed E-state index contributed by atoms with van der Waals surface area (Å²) in [7, 11) is 0. The predicted molar refractivity (Wildman–Crippen MR) is 102 cm³/mol. The minimum atomic E-state index is 0.701. The van der Waals surface area contributed by atoms with Gasteiger partial charge >= 0.3 is 0 Å². The Morgan fingerprint density at radius 3 is 2.35 bits per heavy atom. The second-order valence-electron chi connectivity index (χ2n) is 7.03. The number of piperidine rings is 1. The van der Waals surface area contributed by atoms with Crippen LogP contribution in [0.3, 0.4) is 0 Å². The summed E-state index contributed by atoms with van der Waals surface area (Å²) in [4.78, 5) is 5.22. The number of hydrogen-bond donors (Lipinski definition) is 0. The fourth-order valence-corrected chi connectivity index (χ4v) is 3.65. The van der Waals surface area contributed by atoms with E-state index in [1.54, 1.807) is 0 Å². The zero-order valence-electron chi connectivity index (χ0n) is 15.5. The van der Waals surface area contributed by atoms with E-state index in [1.165, 1.54) is 49.1 Å². The highest BCUT2D eigenvalue weighted by Gasteiger charge is 2.27. The van der Waals surface area contributed by atoms with Gasteiger partial charge < -0.3 is 4.90 Å². The van der Waals surface area contributed by atoms with Crippen LogP contribution in [0.2, 0.25) is 0 Å². The molecule has 0 saturated carbocycles. The molecule has 1 aromatic rings. The Balaban J connectivity index is 1.94. The molecule has 1 aliphatic rings. The maximum Gasteiger partial charge on any atom is 0.0366 e. The first-order valence-corrected chi connectivity index (χ1v) is 9.33. The lowest BCUT2D eigenvalue weighted by Gasteiger charge is -2.42. The summed E-state index contributed by atoms with van der Waals surface area (Å²) < 4.78 is 0. The molecule has 0 aliphatic carbocycles. The maximum absolute atomic E-state index is 4.35. The zero-order valence-corrected chi connectivity index (χ0v) is 15.5. The Kier molecular flexibility index (Phi) is 6.71. The molecule has 1 heterocycles. The molecular weight excluding hydrogens is 280 g/mol. The fraction of sp³-hybridized carbons (Fsp3) is 0.619. The Morgan fingerprint density at radius 1 is 1.22 bits per heavy atom. The maximum atomic E-state index is 4.35. The number of aryl methyl sites for hydroxylation is 1. The lowest BCUT2D eigenvalue weighted by Crippen LogP contribution is -2.48. The average Bonchev–Trinajstić information content (AvgIpc) is 2.59. The summed E-state index contributed by atoms with van der Waals surface area (Å²) in [6.07, 6.45) is 5.02. The smallest absolute Gasteiger partial charge is 0.0366 e. The van der Waals surface area contributed by atoms with E-state index in [2.05, 4.69) is 68.3 Å². The van der Waals surface area contributed by atoms with Crippen LogP contribution in [-0.2, 0) is 0 Å². The van der Waals surface area contributed by atoms with Crippen LogP contribution in [-0.4, -0.2) is 41.5 Å². The summed E-state index contributed by atoms with van der Waals surface area (Å²) in [5.74, 6) is 0. The first-order chi connectivity index (χ1) is 11.1. The highest BCUT2D eigenvalue weighted by Crippen LogP contribution is 2.26. The van der Waals surface area contributed by atoms with E-state index in [9.17, 15) is 0 Å². The molecule has 128 valence electrons. The highest BCUT2D eigenvalue weighted by molar-refractivity contribution is 5.62. The van der Waals surface area contributed by atoms with E-state index in [1.807, 2.05) is 0 Å². The molecular formula is C21H34N2. The van der Waals surface area contributed by atoms with E-state index in [4.69, 9.17) is 0 Å². The van der Waals surface area contributed by atoms with Crippen LogP contribution in [0.25, 0.3) is 5.70 Å². The quantitative estimate of drug-likeness (QED) is 0.703. The van der Waals surface area contributed by atoms with Crippen molar-refractivity contribution in [2.24, 2.45) is 0 Å². The lowest BCUT2D eigenvalue weighted by molar-refractivity contribution is 0.0939. The summed E-state index contributed by atoms with van der Waals surface area (Å²) >= 11 is 0. The molecule has 1 atom stereocenters. The minimum absolute atomic E-state index is 0.701. The van der Waals surface area contributed by atoms with E-state index in [0.29, 0.717) is 6.04 Å². The molecule has 0 aromatic heterocycles. The van der Waals surface area contributed by atoms with Crippen molar-refractivity contribution < 1.29 is 0 Å². The van der Waals surface area contributed by atoms with Gasteiger partial charge in [0.05, 0.1) is 0 Å². The minimum Gasteiger partial charge on any atom is -0.371 e. The number of rotatable bonds is 7. The second kappa shape index (κ2) is 8.54. The van der Waals surface area contributed by atoms with E-state index < -0.39 is 0 Å². The Morgan fingerprint density at radius 2 is 1.83 bits per heavy atom. The van der Waals surface area contributed by atoms with Crippen LogP contribution < -0.4 is 0 Å². The second-order valence-corrected chi connectivity index (χ2v) is 7.03. The fourth-order valence-electron chi connectivity index (χ4n) is 3.65. The molecule has 23 heavy (non-hydrogen) atoms. The van der Waals surface area contributed by atoms with Gasteiger partial charge in [-0.15, -0.1) is 0 Å². The monoisotopic (exact) mass is 314 g/mol. The van der Waals surface area contributed by atoms with Crippen LogP contribution >= 0.6 is 0 Å². The summed E-state index contributed by atoms with van der Waals surface area (Å²) in [6, 6.07) is 10.2. The van der Waals surface area contributed by atoms with Crippen molar-refractivity contribution in [1.82, 2.24) is 9.80 Å². The van der Waals surface area contributed by atoms with Gasteiger partial charge in [-0.1, -0.05) is 50.3 Å². The number of hydrogen-bond acceptors (Lipinski definition) is 2. The van der Waals surface area contributed by atoms with Crippen LogP contribution in [0.1, 0.15) is 57.6 Å². The van der Waals surface area contributed by atoms with Gasteiger partial charge in [0.1, 0.15) is 0 Å². The predicted octanol–water partition coefficient (Wildman–Crippen LogP) is 4.94. The molecule has 1 fully saturated rings. The Hall–Kier alpha value is -1.28. The van der Waals surface area contributed by atoms with E-state index in [0.717, 1.165) is 19.1 Å². The highest BCUT2D eigenvalue weighted by atomic mass is 15.2. The standard InChI is InChI=1S/C21H34N2/c1-6-14-23(18(4)7-2)21-12-15-22(16-13-21)19(5)20-10-8-17(3)9-11-20/h8-11,18,21H,5-7,12-16H2,1-4H3. The van der Waals surface area contributed by atoms with Gasteiger partial charge in [-0.2, -0.15) is 0 Å². The molecule has 1 aromatic carbocycles. The van der Waals surface area contributed by atoms with Crippen molar-refractivity contribution in [2.75, 3.05) is 19.6 Å². The Labute approximate surface area is 143 Å². The molecule has 0 amide bonds. The summed E-state index contributed by atoms with van der Waals surface area (Å²) in [6.45, 7) is 17.0. The van der Waals surface area contributed by atoms with Crippen LogP contribution in [0.15, 0.2) is 30.8 Å². The third-order valence-electron chi connectivity index (χ3n) is 5.34. The van der Waals surface area contributed by atoms with Crippen LogP contribution in [0.5, 0.6) is 0 Å². The van der Waals surface area contributed by atoms with Crippen molar-refractivity contribution in [3.05, 3.63) is 42.0 Å². The largest absolute Gasteiger partial charge is 0.371 e. The average molecular weight is 315 g/mol.